The molecule has 3 heteroatoms. The Kier molecular flexibility index (Phi) is 3.75. The van der Waals surface area contributed by atoms with Gasteiger partial charge >= 0.3 is 0 Å². The molecule has 3 nitrogen and oxygen atoms in total. The fourth-order valence-corrected chi connectivity index (χ4v) is 3.01. The molecule has 1 saturated carbocycles. The van der Waals surface area contributed by atoms with E-state index in [0.717, 1.165) is 30.0 Å². The van der Waals surface area contributed by atoms with E-state index in [-0.39, 0.29) is 0 Å². The van der Waals surface area contributed by atoms with Gasteiger partial charge in [-0.2, -0.15) is 0 Å². The van der Waals surface area contributed by atoms with Crippen molar-refractivity contribution in [1.82, 2.24) is 9.55 Å². The van der Waals surface area contributed by atoms with Crippen molar-refractivity contribution in [2.45, 2.75) is 58.9 Å². The van der Waals surface area contributed by atoms with Crippen molar-refractivity contribution in [2.75, 3.05) is 5.73 Å². The highest BCUT2D eigenvalue weighted by Gasteiger charge is 2.30. The first-order valence-corrected chi connectivity index (χ1v) is 8.04. The molecule has 1 heterocycles. The van der Waals surface area contributed by atoms with Crippen LogP contribution in [-0.4, -0.2) is 9.55 Å². The average molecular weight is 283 g/mol. The maximum atomic E-state index is 6.44. The first-order chi connectivity index (χ1) is 10.1. The molecule has 2 aromatic rings. The van der Waals surface area contributed by atoms with Gasteiger partial charge in [-0.15, -0.1) is 0 Å². The third-order valence-electron chi connectivity index (χ3n) is 4.21. The molecule has 0 bridgehead atoms. The van der Waals surface area contributed by atoms with Crippen LogP contribution in [0.3, 0.4) is 0 Å². The summed E-state index contributed by atoms with van der Waals surface area (Å²) in [5, 5.41) is 0. The van der Waals surface area contributed by atoms with Gasteiger partial charge in [0.2, 0.25) is 0 Å². The number of nitrogens with two attached hydrogens (primary N) is 1. The zero-order valence-corrected chi connectivity index (χ0v) is 13.3. The van der Waals surface area contributed by atoms with E-state index in [1.807, 2.05) is 0 Å². The Morgan fingerprint density at radius 2 is 1.86 bits per heavy atom. The SMILES string of the molecule is CCCCn1c(C2CC2)nc(-c2cc(C)cc(C)c2)c1N. The van der Waals surface area contributed by atoms with Gasteiger partial charge in [-0.05, 0) is 45.2 Å². The monoisotopic (exact) mass is 283 g/mol. The third-order valence-corrected chi connectivity index (χ3v) is 4.21. The van der Waals surface area contributed by atoms with Crippen molar-refractivity contribution in [3.05, 3.63) is 35.2 Å². The fourth-order valence-electron chi connectivity index (χ4n) is 3.01. The van der Waals surface area contributed by atoms with E-state index in [2.05, 4.69) is 43.5 Å². The fraction of sp³-hybridized carbons (Fsp3) is 0.500. The second-order valence-corrected chi connectivity index (χ2v) is 6.36. The Bertz CT molecular complexity index is 630. The molecule has 1 aromatic heterocycles. The summed E-state index contributed by atoms with van der Waals surface area (Å²) in [5.41, 5.74) is 11.1. The quantitative estimate of drug-likeness (QED) is 0.882. The van der Waals surface area contributed by atoms with Crippen LogP contribution >= 0.6 is 0 Å². The van der Waals surface area contributed by atoms with Crippen molar-refractivity contribution in [3.63, 3.8) is 0 Å². The molecule has 1 aromatic carbocycles. The highest BCUT2D eigenvalue weighted by atomic mass is 15.1. The predicted molar refractivity (Wildman–Crippen MR) is 88.4 cm³/mol. The summed E-state index contributed by atoms with van der Waals surface area (Å²) in [6.07, 6.45) is 4.86. The van der Waals surface area contributed by atoms with Gasteiger partial charge in [0, 0.05) is 18.0 Å². The molecule has 0 unspecified atom stereocenters. The molecule has 0 atom stereocenters. The minimum atomic E-state index is 0.629. The topological polar surface area (TPSA) is 43.8 Å². The second-order valence-electron chi connectivity index (χ2n) is 6.36. The van der Waals surface area contributed by atoms with Crippen LogP contribution < -0.4 is 5.73 Å². The van der Waals surface area contributed by atoms with Gasteiger partial charge in [0.25, 0.3) is 0 Å². The van der Waals surface area contributed by atoms with E-state index in [4.69, 9.17) is 10.7 Å². The van der Waals surface area contributed by atoms with Gasteiger partial charge in [-0.3, -0.25) is 0 Å². The summed E-state index contributed by atoms with van der Waals surface area (Å²) in [4.78, 5) is 4.92. The molecular weight excluding hydrogens is 258 g/mol. The van der Waals surface area contributed by atoms with Gasteiger partial charge in [0.1, 0.15) is 17.3 Å². The summed E-state index contributed by atoms with van der Waals surface area (Å²) in [5.74, 6) is 2.68. The standard InChI is InChI=1S/C18H25N3/c1-4-5-8-21-17(19)16(20-18(21)14-6-7-14)15-10-12(2)9-13(3)11-15/h9-11,14H,4-8,19H2,1-3H3. The van der Waals surface area contributed by atoms with Gasteiger partial charge in [0.15, 0.2) is 0 Å². The Hall–Kier alpha value is -1.77. The summed E-state index contributed by atoms with van der Waals surface area (Å²) < 4.78 is 2.26. The minimum absolute atomic E-state index is 0.629. The van der Waals surface area contributed by atoms with Gasteiger partial charge in [-0.1, -0.05) is 30.5 Å². The number of hydrogen-bond acceptors (Lipinski definition) is 2. The molecule has 0 aliphatic heterocycles. The normalized spacial score (nSPS) is 14.6. The molecule has 0 radical (unpaired) electrons. The number of aromatic nitrogens is 2. The van der Waals surface area contributed by atoms with E-state index in [0.29, 0.717) is 5.92 Å². The van der Waals surface area contributed by atoms with E-state index < -0.39 is 0 Å². The Balaban J connectivity index is 2.05. The number of imidazole rings is 1. The van der Waals surface area contributed by atoms with Crippen molar-refractivity contribution >= 4 is 5.82 Å². The molecule has 0 spiro atoms. The van der Waals surface area contributed by atoms with Gasteiger partial charge in [0.05, 0.1) is 0 Å². The zero-order chi connectivity index (χ0) is 15.0. The predicted octanol–water partition coefficient (Wildman–Crippen LogP) is 4.43. The van der Waals surface area contributed by atoms with Crippen molar-refractivity contribution in [3.8, 4) is 11.3 Å². The molecule has 1 aliphatic carbocycles. The average Bonchev–Trinajstić information content (AvgIpc) is 3.21. The van der Waals surface area contributed by atoms with E-state index >= 15 is 0 Å². The first-order valence-electron chi connectivity index (χ1n) is 8.04. The summed E-state index contributed by atoms with van der Waals surface area (Å²) in [7, 11) is 0. The van der Waals surface area contributed by atoms with Gasteiger partial charge < -0.3 is 10.3 Å². The number of anilines is 1. The van der Waals surface area contributed by atoms with Crippen LogP contribution in [0.4, 0.5) is 5.82 Å². The van der Waals surface area contributed by atoms with Crippen LogP contribution in [0.2, 0.25) is 0 Å². The van der Waals surface area contributed by atoms with Crippen LogP contribution in [0.1, 0.15) is 55.5 Å². The van der Waals surface area contributed by atoms with Crippen LogP contribution in [0.25, 0.3) is 11.3 Å². The van der Waals surface area contributed by atoms with Gasteiger partial charge in [-0.25, -0.2) is 4.98 Å². The Labute approximate surface area is 127 Å². The first kappa shape index (κ1) is 14.2. The highest BCUT2D eigenvalue weighted by molar-refractivity contribution is 5.72. The molecule has 0 saturated heterocycles. The van der Waals surface area contributed by atoms with E-state index in [1.54, 1.807) is 0 Å². The second kappa shape index (κ2) is 5.55. The lowest BCUT2D eigenvalue weighted by Gasteiger charge is -2.08. The molecule has 0 amide bonds. The van der Waals surface area contributed by atoms with E-state index in [9.17, 15) is 0 Å². The van der Waals surface area contributed by atoms with Crippen molar-refractivity contribution in [1.29, 1.82) is 0 Å². The Morgan fingerprint density at radius 3 is 2.43 bits per heavy atom. The number of nitrogens with zero attached hydrogens (tertiary/aromatic N) is 2. The molecule has 2 N–H and O–H groups in total. The molecule has 3 rings (SSSR count). The lowest BCUT2D eigenvalue weighted by molar-refractivity contribution is 0.609. The number of rotatable bonds is 5. The number of unbranched alkanes of at least 4 members (excludes halogenated alkanes) is 1. The minimum Gasteiger partial charge on any atom is -0.383 e. The summed E-state index contributed by atoms with van der Waals surface area (Å²) in [6.45, 7) is 7.46. The molecular formula is C18H25N3. The molecule has 1 aliphatic rings. The van der Waals surface area contributed by atoms with Crippen LogP contribution in [0.5, 0.6) is 0 Å². The lowest BCUT2D eigenvalue weighted by Crippen LogP contribution is -2.06. The summed E-state index contributed by atoms with van der Waals surface area (Å²) in [6, 6.07) is 6.56. The number of benzene rings is 1. The number of nitrogen functional groups attached to an aromatic ring is 1. The number of hydrogen-bond donors (Lipinski definition) is 1. The van der Waals surface area contributed by atoms with E-state index in [1.165, 1.54) is 36.2 Å². The number of aryl methyl sites for hydroxylation is 2. The summed E-state index contributed by atoms with van der Waals surface area (Å²) >= 11 is 0. The lowest BCUT2D eigenvalue weighted by atomic mass is 10.1. The van der Waals surface area contributed by atoms with Crippen LogP contribution in [0.15, 0.2) is 18.2 Å². The highest BCUT2D eigenvalue weighted by Crippen LogP contribution is 2.42. The smallest absolute Gasteiger partial charge is 0.131 e. The van der Waals surface area contributed by atoms with Crippen LogP contribution in [-0.2, 0) is 6.54 Å². The largest absolute Gasteiger partial charge is 0.383 e. The zero-order valence-electron chi connectivity index (χ0n) is 13.3. The van der Waals surface area contributed by atoms with Crippen molar-refractivity contribution in [2.24, 2.45) is 0 Å². The van der Waals surface area contributed by atoms with Crippen LogP contribution in [0, 0.1) is 13.8 Å². The maximum Gasteiger partial charge on any atom is 0.131 e. The third kappa shape index (κ3) is 2.82. The molecule has 1 fully saturated rings. The van der Waals surface area contributed by atoms with Crippen molar-refractivity contribution < 1.29 is 0 Å². The maximum absolute atomic E-state index is 6.44. The Morgan fingerprint density at radius 1 is 1.19 bits per heavy atom. The molecule has 112 valence electrons. The molecule has 21 heavy (non-hydrogen) atoms.